The van der Waals surface area contributed by atoms with Crippen molar-refractivity contribution in [2.24, 2.45) is 0 Å². The molecule has 0 fully saturated rings. The van der Waals surface area contributed by atoms with Crippen molar-refractivity contribution in [1.82, 2.24) is 5.32 Å². The summed E-state index contributed by atoms with van der Waals surface area (Å²) in [5, 5.41) is 7.23. The average Bonchev–Trinajstić information content (AvgIpc) is 2.88. The van der Waals surface area contributed by atoms with Crippen molar-refractivity contribution in [3.8, 4) is 0 Å². The number of nitrogens with one attached hydrogen (secondary N) is 1. The van der Waals surface area contributed by atoms with Crippen LogP contribution in [-0.2, 0) is 6.54 Å². The second-order valence-electron chi connectivity index (χ2n) is 4.91. The van der Waals surface area contributed by atoms with E-state index in [4.69, 9.17) is 0 Å². The summed E-state index contributed by atoms with van der Waals surface area (Å²) in [5.74, 6) is 0. The lowest BCUT2D eigenvalue weighted by Crippen LogP contribution is -2.17. The highest BCUT2D eigenvalue weighted by molar-refractivity contribution is 9.10. The highest BCUT2D eigenvalue weighted by Crippen LogP contribution is 2.26. The summed E-state index contributed by atoms with van der Waals surface area (Å²) in [6.45, 7) is 3.11. The van der Waals surface area contributed by atoms with Crippen molar-refractivity contribution >= 4 is 37.4 Å². The summed E-state index contributed by atoms with van der Waals surface area (Å²) in [7, 11) is 0. The Bertz CT molecular complexity index is 720. The highest BCUT2D eigenvalue weighted by Gasteiger charge is 2.07. The van der Waals surface area contributed by atoms with Crippen LogP contribution in [0.4, 0.5) is 0 Å². The number of benzene rings is 2. The largest absolute Gasteiger partial charge is 0.306 e. The van der Waals surface area contributed by atoms with Crippen molar-refractivity contribution in [2.45, 2.75) is 19.5 Å². The molecule has 1 N–H and O–H groups in total. The first-order valence-electron chi connectivity index (χ1n) is 6.68. The molecule has 3 aromatic rings. The molecular weight excluding hydrogens is 330 g/mol. The summed E-state index contributed by atoms with van der Waals surface area (Å²) in [6, 6.07) is 17.4. The molecule has 1 aromatic heterocycles. The molecule has 3 rings (SSSR count). The fourth-order valence-electron chi connectivity index (χ4n) is 2.33. The second kappa shape index (κ2) is 6.08. The Kier molecular flexibility index (Phi) is 4.20. The van der Waals surface area contributed by atoms with Gasteiger partial charge in [-0.15, -0.1) is 11.3 Å². The zero-order valence-corrected chi connectivity index (χ0v) is 13.7. The van der Waals surface area contributed by atoms with Gasteiger partial charge in [-0.2, -0.15) is 0 Å². The predicted octanol–water partition coefficient (Wildman–Crippen LogP) is 5.51. The molecule has 0 radical (unpaired) electrons. The number of fused-ring (bicyclic) bond motifs is 1. The Morgan fingerprint density at radius 3 is 2.85 bits per heavy atom. The number of halogens is 1. The van der Waals surface area contributed by atoms with E-state index in [-0.39, 0.29) is 0 Å². The molecule has 0 aliphatic carbocycles. The van der Waals surface area contributed by atoms with Crippen LogP contribution in [0.15, 0.2) is 58.4 Å². The van der Waals surface area contributed by atoms with Gasteiger partial charge in [-0.25, -0.2) is 0 Å². The quantitative estimate of drug-likeness (QED) is 0.656. The lowest BCUT2D eigenvalue weighted by molar-refractivity contribution is 0.577. The monoisotopic (exact) mass is 345 g/mol. The number of thiophene rings is 1. The van der Waals surface area contributed by atoms with Gasteiger partial charge in [-0.3, -0.25) is 0 Å². The molecule has 0 saturated carbocycles. The lowest BCUT2D eigenvalue weighted by atomic mass is 10.1. The molecule has 0 saturated heterocycles. The van der Waals surface area contributed by atoms with Crippen LogP contribution in [0.2, 0.25) is 0 Å². The topological polar surface area (TPSA) is 12.0 Å². The summed E-state index contributed by atoms with van der Waals surface area (Å²) in [6.07, 6.45) is 0. The fourth-order valence-corrected chi connectivity index (χ4v) is 3.71. The van der Waals surface area contributed by atoms with E-state index in [1.165, 1.54) is 21.2 Å². The van der Waals surface area contributed by atoms with E-state index >= 15 is 0 Å². The summed E-state index contributed by atoms with van der Waals surface area (Å²) >= 11 is 5.34. The van der Waals surface area contributed by atoms with Crippen LogP contribution in [0.25, 0.3) is 10.1 Å². The predicted molar refractivity (Wildman–Crippen MR) is 91.2 cm³/mol. The summed E-state index contributed by atoms with van der Waals surface area (Å²) < 4.78 is 2.49. The molecule has 102 valence electrons. The minimum Gasteiger partial charge on any atom is -0.306 e. The molecule has 0 bridgehead atoms. The van der Waals surface area contributed by atoms with Crippen molar-refractivity contribution < 1.29 is 0 Å². The molecule has 0 amide bonds. The van der Waals surface area contributed by atoms with Gasteiger partial charge < -0.3 is 5.32 Å². The molecule has 0 unspecified atom stereocenters. The molecule has 3 heteroatoms. The Morgan fingerprint density at radius 2 is 2.00 bits per heavy atom. The first-order valence-corrected chi connectivity index (χ1v) is 8.35. The maximum Gasteiger partial charge on any atom is 0.0346 e. The van der Waals surface area contributed by atoms with Crippen molar-refractivity contribution in [1.29, 1.82) is 0 Å². The van der Waals surface area contributed by atoms with Gasteiger partial charge in [0.15, 0.2) is 0 Å². The van der Waals surface area contributed by atoms with Gasteiger partial charge in [0, 0.05) is 21.8 Å². The minimum atomic E-state index is 0.339. The molecule has 0 aliphatic rings. The summed E-state index contributed by atoms with van der Waals surface area (Å²) in [5.41, 5.74) is 2.69. The maximum absolute atomic E-state index is 3.61. The second-order valence-corrected chi connectivity index (χ2v) is 6.74. The van der Waals surface area contributed by atoms with Crippen molar-refractivity contribution in [2.75, 3.05) is 0 Å². The van der Waals surface area contributed by atoms with E-state index < -0.39 is 0 Å². The normalized spacial score (nSPS) is 12.7. The van der Waals surface area contributed by atoms with Gasteiger partial charge in [0.25, 0.3) is 0 Å². The van der Waals surface area contributed by atoms with E-state index in [0.29, 0.717) is 6.04 Å². The average molecular weight is 346 g/mol. The number of hydrogen-bond donors (Lipinski definition) is 1. The van der Waals surface area contributed by atoms with Crippen LogP contribution in [0.3, 0.4) is 0 Å². The van der Waals surface area contributed by atoms with E-state index in [1.807, 2.05) is 11.3 Å². The van der Waals surface area contributed by atoms with Crippen molar-refractivity contribution in [3.05, 3.63) is 69.5 Å². The Morgan fingerprint density at radius 1 is 1.15 bits per heavy atom. The fraction of sp³-hybridized carbons (Fsp3) is 0.176. The molecule has 2 aromatic carbocycles. The van der Waals surface area contributed by atoms with Gasteiger partial charge in [0.2, 0.25) is 0 Å². The maximum atomic E-state index is 3.61. The summed E-state index contributed by atoms with van der Waals surface area (Å²) in [4.78, 5) is 0. The van der Waals surface area contributed by atoms with Crippen molar-refractivity contribution in [3.63, 3.8) is 0 Å². The lowest BCUT2D eigenvalue weighted by Gasteiger charge is -2.14. The van der Waals surface area contributed by atoms with E-state index in [0.717, 1.165) is 11.0 Å². The third-order valence-corrected chi connectivity index (χ3v) is 5.01. The Hall–Kier alpha value is -1.16. The zero-order valence-electron chi connectivity index (χ0n) is 11.3. The van der Waals surface area contributed by atoms with Gasteiger partial charge >= 0.3 is 0 Å². The molecule has 1 heterocycles. The molecule has 0 spiro atoms. The molecule has 0 aliphatic heterocycles. The van der Waals surface area contributed by atoms with Crippen LogP contribution in [-0.4, -0.2) is 0 Å². The van der Waals surface area contributed by atoms with E-state index in [2.05, 4.69) is 82.1 Å². The van der Waals surface area contributed by atoms with Crippen LogP contribution in [0.5, 0.6) is 0 Å². The van der Waals surface area contributed by atoms with Gasteiger partial charge in [0.1, 0.15) is 0 Å². The third-order valence-electron chi connectivity index (χ3n) is 3.51. The number of hydrogen-bond acceptors (Lipinski definition) is 2. The van der Waals surface area contributed by atoms with Crippen LogP contribution >= 0.6 is 27.3 Å². The number of rotatable bonds is 4. The van der Waals surface area contributed by atoms with E-state index in [9.17, 15) is 0 Å². The van der Waals surface area contributed by atoms with E-state index in [1.54, 1.807) is 0 Å². The molecule has 1 nitrogen and oxygen atoms in total. The highest BCUT2D eigenvalue weighted by atomic mass is 79.9. The van der Waals surface area contributed by atoms with Gasteiger partial charge in [0.05, 0.1) is 0 Å². The first-order chi connectivity index (χ1) is 9.74. The molecular formula is C17H16BrNS. The Balaban J connectivity index is 1.73. The standard InChI is InChI=1S/C17H16BrNS/c1-12(13-5-4-6-15(18)9-13)19-10-14-11-20-17-8-3-2-7-16(14)17/h2-9,11-12,19H,10H2,1H3/t12-/m0/s1. The van der Waals surface area contributed by atoms with Crippen LogP contribution in [0, 0.1) is 0 Å². The minimum absolute atomic E-state index is 0.339. The van der Waals surface area contributed by atoms with Gasteiger partial charge in [-0.1, -0.05) is 46.3 Å². The SMILES string of the molecule is C[C@H](NCc1csc2ccccc12)c1cccc(Br)c1. The van der Waals surface area contributed by atoms with Crippen LogP contribution < -0.4 is 5.32 Å². The Labute approximate surface area is 131 Å². The third kappa shape index (κ3) is 2.95. The molecule has 1 atom stereocenters. The van der Waals surface area contributed by atoms with Gasteiger partial charge in [-0.05, 0) is 47.0 Å². The van der Waals surface area contributed by atoms with Crippen LogP contribution in [0.1, 0.15) is 24.1 Å². The molecule has 20 heavy (non-hydrogen) atoms. The smallest absolute Gasteiger partial charge is 0.0346 e. The first kappa shape index (κ1) is 13.8. The zero-order chi connectivity index (χ0) is 13.9.